The van der Waals surface area contributed by atoms with Crippen molar-refractivity contribution in [3.8, 4) is 0 Å². The van der Waals surface area contributed by atoms with Gasteiger partial charge in [-0.1, -0.05) is 6.07 Å². The fourth-order valence-corrected chi connectivity index (χ4v) is 7.41. The highest BCUT2D eigenvalue weighted by Gasteiger charge is 2.35. The molecule has 5 heterocycles. The van der Waals surface area contributed by atoms with Crippen LogP contribution in [0.3, 0.4) is 0 Å². The highest BCUT2D eigenvalue weighted by atomic mass is 32.2. The summed E-state index contributed by atoms with van der Waals surface area (Å²) >= 11 is 1.40. The van der Waals surface area contributed by atoms with Gasteiger partial charge < -0.3 is 20.1 Å². The minimum atomic E-state index is -4.10. The van der Waals surface area contributed by atoms with Crippen LogP contribution in [0.15, 0.2) is 30.7 Å². The number of thiophene rings is 1. The van der Waals surface area contributed by atoms with Gasteiger partial charge in [-0.2, -0.15) is 8.42 Å². The molecule has 2 aliphatic heterocycles. The molecule has 0 aromatic carbocycles. The van der Waals surface area contributed by atoms with E-state index >= 15 is 0 Å². The van der Waals surface area contributed by atoms with Crippen molar-refractivity contribution in [3.05, 3.63) is 62.9 Å². The van der Waals surface area contributed by atoms with Gasteiger partial charge in [-0.15, -0.1) is 11.3 Å². The minimum Gasteiger partial charge on any atom is -0.393 e. The molecule has 3 aromatic rings. The number of ketones is 1. The second kappa shape index (κ2) is 11.9. The first-order valence-corrected chi connectivity index (χ1v) is 16.4. The molecule has 0 radical (unpaired) electrons. The molecule has 3 aliphatic rings. The lowest BCUT2D eigenvalue weighted by molar-refractivity contribution is 0.0664. The number of nitrogens with zero attached hydrogens (tertiary/aromatic N) is 4. The fraction of sp³-hybridized carbons (Fsp3) is 0.500. The van der Waals surface area contributed by atoms with Crippen molar-refractivity contribution in [3.63, 3.8) is 0 Å². The number of carbonyl (C=O) groups is 1. The molecule has 0 amide bonds. The zero-order valence-electron chi connectivity index (χ0n) is 23.2. The molecule has 14 heteroatoms. The molecule has 3 aromatic heterocycles. The molecule has 12 nitrogen and oxygen atoms in total. The number of aliphatic hydroxyl groups excluding tert-OH is 1. The molecule has 6 rings (SSSR count). The number of hydrogen-bond acceptors (Lipinski definition) is 12. The van der Waals surface area contributed by atoms with E-state index in [2.05, 4.69) is 36.5 Å². The van der Waals surface area contributed by atoms with Gasteiger partial charge in [-0.3, -0.25) is 8.98 Å². The SMILES string of the molecule is Cc1sc(C(=O)c2cncnc2N[C@@H]2C[C@H](COS(N)(=O)=O)[C@@H](O)C2)cc1C1OCCc2ccc(N3CCCC3)nc21. The van der Waals surface area contributed by atoms with E-state index in [1.54, 1.807) is 0 Å². The molecule has 1 unspecified atom stereocenters. The molecule has 1 saturated carbocycles. The first-order valence-electron chi connectivity index (χ1n) is 14.1. The Morgan fingerprint density at radius 1 is 1.29 bits per heavy atom. The van der Waals surface area contributed by atoms with Crippen LogP contribution in [0.1, 0.15) is 68.7 Å². The van der Waals surface area contributed by atoms with Gasteiger partial charge in [0.2, 0.25) is 5.78 Å². The Bertz CT molecular complexity index is 1570. The third kappa shape index (κ3) is 6.19. The van der Waals surface area contributed by atoms with E-state index in [1.807, 2.05) is 13.0 Å². The van der Waals surface area contributed by atoms with E-state index in [9.17, 15) is 18.3 Å². The van der Waals surface area contributed by atoms with Gasteiger partial charge in [0, 0.05) is 41.7 Å². The van der Waals surface area contributed by atoms with E-state index in [0.29, 0.717) is 35.7 Å². The summed E-state index contributed by atoms with van der Waals surface area (Å²) < 4.78 is 33.3. The number of hydrogen-bond donors (Lipinski definition) is 3. The number of anilines is 2. The summed E-state index contributed by atoms with van der Waals surface area (Å²) in [5, 5.41) is 18.6. The maximum atomic E-state index is 13.8. The van der Waals surface area contributed by atoms with E-state index < -0.39 is 22.3 Å². The van der Waals surface area contributed by atoms with Crippen molar-refractivity contribution < 1.29 is 27.2 Å². The number of nitrogens with two attached hydrogens (primary N) is 1. The van der Waals surface area contributed by atoms with Gasteiger partial charge in [-0.05, 0) is 56.7 Å². The number of pyridine rings is 1. The maximum absolute atomic E-state index is 13.8. The van der Waals surface area contributed by atoms with Crippen LogP contribution in [0.5, 0.6) is 0 Å². The number of fused-ring (bicyclic) bond motifs is 1. The van der Waals surface area contributed by atoms with Crippen molar-refractivity contribution >= 4 is 39.1 Å². The molecular weight excluding hydrogens is 580 g/mol. The van der Waals surface area contributed by atoms with E-state index in [0.717, 1.165) is 41.5 Å². The van der Waals surface area contributed by atoms with Crippen LogP contribution in [0.4, 0.5) is 11.6 Å². The van der Waals surface area contributed by atoms with Crippen LogP contribution in [0, 0.1) is 12.8 Å². The zero-order chi connectivity index (χ0) is 29.4. The Balaban J connectivity index is 1.21. The van der Waals surface area contributed by atoms with Crippen molar-refractivity contribution in [2.45, 2.75) is 57.3 Å². The minimum absolute atomic E-state index is 0.217. The Morgan fingerprint density at radius 2 is 2.10 bits per heavy atom. The van der Waals surface area contributed by atoms with Gasteiger partial charge in [0.05, 0.1) is 35.5 Å². The molecule has 4 atom stereocenters. The topological polar surface area (TPSA) is 170 Å². The first kappa shape index (κ1) is 29.1. The molecule has 1 aliphatic carbocycles. The predicted octanol–water partition coefficient (Wildman–Crippen LogP) is 2.51. The van der Waals surface area contributed by atoms with E-state index in [4.69, 9.17) is 14.9 Å². The van der Waals surface area contributed by atoms with Gasteiger partial charge in [0.25, 0.3) is 0 Å². The van der Waals surface area contributed by atoms with Crippen LogP contribution in [-0.4, -0.2) is 72.7 Å². The number of ether oxygens (including phenoxy) is 1. The average Bonchev–Trinajstić information content (AvgIpc) is 3.71. The Kier molecular flexibility index (Phi) is 8.26. The average molecular weight is 615 g/mol. The molecule has 42 heavy (non-hydrogen) atoms. The predicted molar refractivity (Wildman–Crippen MR) is 157 cm³/mol. The monoisotopic (exact) mass is 614 g/mol. The number of rotatable bonds is 9. The van der Waals surface area contributed by atoms with Crippen LogP contribution in [0.2, 0.25) is 0 Å². The normalized spacial score (nSPS) is 24.1. The fourth-order valence-electron chi connectivity index (χ4n) is 6.04. The third-order valence-corrected chi connectivity index (χ3v) is 9.73. The van der Waals surface area contributed by atoms with Crippen LogP contribution in [-0.2, 0) is 25.6 Å². The summed E-state index contributed by atoms with van der Waals surface area (Å²) in [5.74, 6) is 0.671. The lowest BCUT2D eigenvalue weighted by Gasteiger charge is -2.27. The van der Waals surface area contributed by atoms with Crippen molar-refractivity contribution in [2.24, 2.45) is 11.1 Å². The molecule has 0 bridgehead atoms. The highest BCUT2D eigenvalue weighted by Crippen LogP contribution is 2.39. The summed E-state index contributed by atoms with van der Waals surface area (Å²) in [5.41, 5.74) is 3.32. The molecule has 2 fully saturated rings. The Hall–Kier alpha value is -3.01. The number of aromatic nitrogens is 3. The zero-order valence-corrected chi connectivity index (χ0v) is 24.9. The lowest BCUT2D eigenvalue weighted by atomic mass is 9.97. The summed E-state index contributed by atoms with van der Waals surface area (Å²) in [6, 6.07) is 5.90. The van der Waals surface area contributed by atoms with Crippen molar-refractivity contribution in [2.75, 3.05) is 36.5 Å². The smallest absolute Gasteiger partial charge is 0.333 e. The summed E-state index contributed by atoms with van der Waals surface area (Å²) in [7, 11) is -4.10. The van der Waals surface area contributed by atoms with Crippen molar-refractivity contribution in [1.29, 1.82) is 0 Å². The third-order valence-electron chi connectivity index (χ3n) is 8.20. The van der Waals surface area contributed by atoms with Gasteiger partial charge in [-0.25, -0.2) is 20.1 Å². The number of aryl methyl sites for hydroxylation is 1. The molecule has 224 valence electrons. The number of carbonyl (C=O) groups excluding carboxylic acids is 1. The van der Waals surface area contributed by atoms with Gasteiger partial charge in [0.1, 0.15) is 24.1 Å². The summed E-state index contributed by atoms with van der Waals surface area (Å²) in [6.07, 6.45) is 5.59. The Labute approximate surface area is 248 Å². The van der Waals surface area contributed by atoms with Gasteiger partial charge >= 0.3 is 10.3 Å². The maximum Gasteiger partial charge on any atom is 0.333 e. The lowest BCUT2D eigenvalue weighted by Crippen LogP contribution is -2.24. The van der Waals surface area contributed by atoms with Crippen LogP contribution < -0.4 is 15.4 Å². The van der Waals surface area contributed by atoms with E-state index in [-0.39, 0.29) is 24.5 Å². The molecular formula is C28H34N6O6S2. The van der Waals surface area contributed by atoms with Crippen LogP contribution >= 0.6 is 11.3 Å². The van der Waals surface area contributed by atoms with E-state index in [1.165, 1.54) is 42.3 Å². The second-order valence-corrected chi connectivity index (χ2v) is 13.5. The molecule has 4 N–H and O–H groups in total. The first-order chi connectivity index (χ1) is 20.2. The van der Waals surface area contributed by atoms with Crippen molar-refractivity contribution in [1.82, 2.24) is 15.0 Å². The summed E-state index contributed by atoms with van der Waals surface area (Å²) in [6.45, 7) is 4.37. The molecule has 0 spiro atoms. The largest absolute Gasteiger partial charge is 0.393 e. The standard InChI is InChI=1S/C28H34N6O6S2/c1-16-20(27-25-17(6-9-39-27)4-5-24(33-25)34-7-2-3-8-34)12-23(41-16)26(36)21-13-30-15-31-28(21)32-19-10-18(22(35)11-19)14-40-42(29,37)38/h4-5,12-13,15,18-19,22,27,35H,2-3,6-11,14H2,1H3,(H2,29,37,38)(H,30,31,32)/t18-,19-,22+,27?/m1/s1. The Morgan fingerprint density at radius 3 is 2.88 bits per heavy atom. The number of nitrogens with one attached hydrogen (secondary N) is 1. The second-order valence-electron chi connectivity index (χ2n) is 11.1. The summed E-state index contributed by atoms with van der Waals surface area (Å²) in [4.78, 5) is 31.1. The quantitative estimate of drug-likeness (QED) is 0.303. The highest BCUT2D eigenvalue weighted by molar-refractivity contribution is 7.84. The van der Waals surface area contributed by atoms with Gasteiger partial charge in [0.15, 0.2) is 0 Å². The number of aliphatic hydroxyl groups is 1. The molecule has 1 saturated heterocycles. The van der Waals surface area contributed by atoms with Crippen LogP contribution in [0.25, 0.3) is 0 Å².